The average Bonchev–Trinajstić information content (AvgIpc) is 3.08. The van der Waals surface area contributed by atoms with E-state index < -0.39 is 0 Å². The minimum absolute atomic E-state index is 0.158. The fourth-order valence-corrected chi connectivity index (χ4v) is 5.67. The molecular formula is C20H31N3O3. The van der Waals surface area contributed by atoms with Gasteiger partial charge in [-0.3, -0.25) is 9.69 Å². The van der Waals surface area contributed by atoms with Gasteiger partial charge in [0.05, 0.1) is 12.6 Å². The van der Waals surface area contributed by atoms with Crippen molar-refractivity contribution in [1.82, 2.24) is 15.1 Å². The number of hydrogen-bond donors (Lipinski definition) is 1. The van der Waals surface area contributed by atoms with Crippen molar-refractivity contribution >= 4 is 12.0 Å². The molecule has 4 rings (SSSR count). The Balaban J connectivity index is 1.42. The van der Waals surface area contributed by atoms with Crippen LogP contribution in [0.2, 0.25) is 0 Å². The number of hydrogen-bond acceptors (Lipinski definition) is 4. The quantitative estimate of drug-likeness (QED) is 0.839. The summed E-state index contributed by atoms with van der Waals surface area (Å²) in [6.07, 6.45) is 9.07. The normalized spacial score (nSPS) is 32.6. The smallest absolute Gasteiger partial charge is 0.410 e. The Bertz CT molecular complexity index is 609. The van der Waals surface area contributed by atoms with Gasteiger partial charge in [0.1, 0.15) is 0 Å². The molecule has 4 aliphatic rings. The van der Waals surface area contributed by atoms with Crippen LogP contribution in [0, 0.1) is 5.41 Å². The number of carbonyl (C=O) groups excluding carboxylic acids is 2. The highest BCUT2D eigenvalue weighted by Gasteiger charge is 2.48. The van der Waals surface area contributed by atoms with E-state index in [4.69, 9.17) is 4.74 Å². The summed E-state index contributed by atoms with van der Waals surface area (Å²) in [5.41, 5.74) is 1.56. The standard InChI is InChI=1S/C20H31N3O3/c1-3-17-20(13-18(24)21-17)7-9-22(10-8-20)16-11-14-5-6-15(12-16)23(14)19(25)26-4-2/h11,14-15,17H,3-10,12-13H2,1-2H3,(H,21,24). The molecule has 6 nitrogen and oxygen atoms in total. The number of ether oxygens (including phenoxy) is 1. The lowest BCUT2D eigenvalue weighted by Gasteiger charge is -2.45. The van der Waals surface area contributed by atoms with Crippen LogP contribution in [-0.4, -0.2) is 59.6 Å². The maximum absolute atomic E-state index is 12.2. The average molecular weight is 361 g/mol. The molecule has 0 aromatic carbocycles. The second-order valence-electron chi connectivity index (χ2n) is 8.32. The van der Waals surface area contributed by atoms with Crippen molar-refractivity contribution in [3.05, 3.63) is 11.8 Å². The predicted octanol–water partition coefficient (Wildman–Crippen LogP) is 2.64. The van der Waals surface area contributed by atoms with Gasteiger partial charge in [-0.2, -0.15) is 0 Å². The maximum Gasteiger partial charge on any atom is 0.410 e. The Kier molecular flexibility index (Phi) is 4.61. The van der Waals surface area contributed by atoms with Crippen molar-refractivity contribution in [3.63, 3.8) is 0 Å². The predicted molar refractivity (Wildman–Crippen MR) is 98.4 cm³/mol. The molecule has 0 radical (unpaired) electrons. The van der Waals surface area contributed by atoms with Gasteiger partial charge in [0.2, 0.25) is 5.91 Å². The molecule has 144 valence electrons. The summed E-state index contributed by atoms with van der Waals surface area (Å²) in [5, 5.41) is 3.18. The van der Waals surface area contributed by atoms with E-state index in [0.29, 0.717) is 19.1 Å². The molecule has 0 saturated carbocycles. The first-order valence-corrected chi connectivity index (χ1v) is 10.3. The van der Waals surface area contributed by atoms with E-state index in [0.717, 1.165) is 51.6 Å². The molecule has 3 unspecified atom stereocenters. The van der Waals surface area contributed by atoms with Gasteiger partial charge >= 0.3 is 6.09 Å². The molecule has 6 heteroatoms. The number of likely N-dealkylation sites (tertiary alicyclic amines) is 1. The van der Waals surface area contributed by atoms with Crippen molar-refractivity contribution in [3.8, 4) is 0 Å². The minimum atomic E-state index is -0.158. The van der Waals surface area contributed by atoms with Crippen LogP contribution >= 0.6 is 0 Å². The van der Waals surface area contributed by atoms with Gasteiger partial charge in [-0.05, 0) is 45.1 Å². The molecule has 1 spiro atoms. The zero-order valence-corrected chi connectivity index (χ0v) is 16.0. The summed E-state index contributed by atoms with van der Waals surface area (Å²) in [7, 11) is 0. The van der Waals surface area contributed by atoms with Gasteiger partial charge in [-0.15, -0.1) is 0 Å². The van der Waals surface area contributed by atoms with Crippen LogP contribution in [-0.2, 0) is 9.53 Å². The molecule has 26 heavy (non-hydrogen) atoms. The summed E-state index contributed by atoms with van der Waals surface area (Å²) in [4.78, 5) is 28.6. The van der Waals surface area contributed by atoms with E-state index in [1.54, 1.807) is 0 Å². The van der Waals surface area contributed by atoms with E-state index in [1.165, 1.54) is 5.70 Å². The first-order valence-electron chi connectivity index (χ1n) is 10.3. The molecule has 3 fully saturated rings. The second-order valence-corrected chi connectivity index (χ2v) is 8.32. The van der Waals surface area contributed by atoms with Crippen LogP contribution < -0.4 is 5.32 Å². The molecule has 0 aliphatic carbocycles. The molecule has 1 N–H and O–H groups in total. The van der Waals surface area contributed by atoms with Gasteiger partial charge in [0.15, 0.2) is 0 Å². The molecule has 2 bridgehead atoms. The van der Waals surface area contributed by atoms with Crippen LogP contribution in [0.25, 0.3) is 0 Å². The van der Waals surface area contributed by atoms with Crippen LogP contribution in [0.15, 0.2) is 11.8 Å². The highest BCUT2D eigenvalue weighted by atomic mass is 16.6. The maximum atomic E-state index is 12.2. The van der Waals surface area contributed by atoms with E-state index in [2.05, 4.69) is 23.2 Å². The molecule has 4 aliphatic heterocycles. The van der Waals surface area contributed by atoms with Crippen LogP contribution in [0.1, 0.15) is 58.8 Å². The number of amides is 2. The Morgan fingerprint density at radius 2 is 2.08 bits per heavy atom. The Morgan fingerprint density at radius 1 is 1.31 bits per heavy atom. The molecular weight excluding hydrogens is 330 g/mol. The first-order chi connectivity index (χ1) is 12.6. The summed E-state index contributed by atoms with van der Waals surface area (Å²) in [6, 6.07) is 0.817. The fraction of sp³-hybridized carbons (Fsp3) is 0.800. The SMILES string of the molecule is CCOC(=O)N1C2C=C(N3CCC4(CC3)CC(=O)NC4CC)CC1CC2. The second kappa shape index (κ2) is 6.78. The lowest BCUT2D eigenvalue weighted by atomic mass is 9.71. The Labute approximate surface area is 155 Å². The fourth-order valence-electron chi connectivity index (χ4n) is 5.67. The molecule has 4 heterocycles. The largest absolute Gasteiger partial charge is 0.450 e. The zero-order valence-electron chi connectivity index (χ0n) is 16.0. The van der Waals surface area contributed by atoms with E-state index in [-0.39, 0.29) is 29.5 Å². The minimum Gasteiger partial charge on any atom is -0.450 e. The summed E-state index contributed by atoms with van der Waals surface area (Å²) in [6.45, 7) is 6.52. The molecule has 0 aromatic rings. The van der Waals surface area contributed by atoms with Crippen molar-refractivity contribution in [2.24, 2.45) is 5.41 Å². The highest BCUT2D eigenvalue weighted by Crippen LogP contribution is 2.45. The number of piperidine rings is 1. The number of rotatable bonds is 3. The Hall–Kier alpha value is -1.72. The van der Waals surface area contributed by atoms with E-state index in [1.807, 2.05) is 11.8 Å². The molecule has 3 saturated heterocycles. The zero-order chi connectivity index (χ0) is 18.3. The molecule has 0 aromatic heterocycles. The third-order valence-corrected chi connectivity index (χ3v) is 7.02. The van der Waals surface area contributed by atoms with Gasteiger partial charge in [0, 0.05) is 49.1 Å². The number of nitrogens with one attached hydrogen (secondary N) is 1. The summed E-state index contributed by atoms with van der Waals surface area (Å²) in [5.74, 6) is 0.227. The monoisotopic (exact) mass is 361 g/mol. The van der Waals surface area contributed by atoms with Crippen molar-refractivity contribution in [2.75, 3.05) is 19.7 Å². The number of fused-ring (bicyclic) bond motifs is 2. The van der Waals surface area contributed by atoms with Crippen molar-refractivity contribution < 1.29 is 14.3 Å². The van der Waals surface area contributed by atoms with Crippen molar-refractivity contribution in [1.29, 1.82) is 0 Å². The first kappa shape index (κ1) is 17.7. The lowest BCUT2D eigenvalue weighted by molar-refractivity contribution is -0.119. The summed E-state index contributed by atoms with van der Waals surface area (Å²) < 4.78 is 5.25. The van der Waals surface area contributed by atoms with Crippen LogP contribution in [0.3, 0.4) is 0 Å². The molecule has 3 atom stereocenters. The van der Waals surface area contributed by atoms with E-state index >= 15 is 0 Å². The van der Waals surface area contributed by atoms with Crippen LogP contribution in [0.5, 0.6) is 0 Å². The van der Waals surface area contributed by atoms with Crippen LogP contribution in [0.4, 0.5) is 4.79 Å². The number of carbonyl (C=O) groups is 2. The van der Waals surface area contributed by atoms with Crippen molar-refractivity contribution in [2.45, 2.75) is 76.9 Å². The van der Waals surface area contributed by atoms with E-state index in [9.17, 15) is 9.59 Å². The highest BCUT2D eigenvalue weighted by molar-refractivity contribution is 5.80. The summed E-state index contributed by atoms with van der Waals surface area (Å²) >= 11 is 0. The van der Waals surface area contributed by atoms with Gasteiger partial charge in [-0.25, -0.2) is 4.79 Å². The molecule has 2 amide bonds. The number of nitrogens with zero attached hydrogens (tertiary/aromatic N) is 2. The van der Waals surface area contributed by atoms with Gasteiger partial charge in [-0.1, -0.05) is 6.92 Å². The third-order valence-electron chi connectivity index (χ3n) is 7.02. The van der Waals surface area contributed by atoms with Gasteiger partial charge in [0.25, 0.3) is 0 Å². The topological polar surface area (TPSA) is 61.9 Å². The third kappa shape index (κ3) is 2.87. The van der Waals surface area contributed by atoms with Gasteiger partial charge < -0.3 is 15.0 Å². The lowest BCUT2D eigenvalue weighted by Crippen LogP contribution is -2.49. The Morgan fingerprint density at radius 3 is 2.73 bits per heavy atom.